The quantitative estimate of drug-likeness (QED) is 0.388. The highest BCUT2D eigenvalue weighted by molar-refractivity contribution is 7.22. The molecule has 0 aliphatic rings. The number of hydrogen-bond donors (Lipinski definition) is 3. The molecule has 0 saturated carbocycles. The Labute approximate surface area is 147 Å². The normalized spacial score (nSPS) is 12.4. The van der Waals surface area contributed by atoms with Crippen molar-refractivity contribution in [2.45, 2.75) is 26.4 Å². The van der Waals surface area contributed by atoms with E-state index in [1.54, 1.807) is 18.4 Å². The third-order valence-electron chi connectivity index (χ3n) is 3.50. The van der Waals surface area contributed by atoms with Gasteiger partial charge in [-0.15, -0.1) is 0 Å². The SMILES string of the molecule is CCNC(=NCC(C)(C)OC)NCCNc1nc2ccccc2s1. The summed E-state index contributed by atoms with van der Waals surface area (Å²) in [5, 5.41) is 10.9. The van der Waals surface area contributed by atoms with Crippen LogP contribution in [0, 0.1) is 0 Å². The molecule has 2 aromatic rings. The lowest BCUT2D eigenvalue weighted by molar-refractivity contribution is 0.0311. The molecule has 6 nitrogen and oxygen atoms in total. The Bertz CT molecular complexity index is 635. The molecule has 2 rings (SSSR count). The van der Waals surface area contributed by atoms with Crippen LogP contribution in [-0.2, 0) is 4.74 Å². The molecule has 1 heterocycles. The fourth-order valence-corrected chi connectivity index (χ4v) is 2.87. The standard InChI is InChI=1S/C17H27N5OS/c1-5-18-15(21-12-17(2,3)23-4)19-10-11-20-16-22-13-8-6-7-9-14(13)24-16/h6-9H,5,10-12H2,1-4H3,(H,20,22)(H2,18,19,21). The maximum atomic E-state index is 5.40. The minimum atomic E-state index is -0.262. The summed E-state index contributed by atoms with van der Waals surface area (Å²) in [4.78, 5) is 9.13. The van der Waals surface area contributed by atoms with Gasteiger partial charge in [-0.2, -0.15) is 0 Å². The Hall–Kier alpha value is -1.86. The van der Waals surface area contributed by atoms with Gasteiger partial charge in [0.2, 0.25) is 0 Å². The van der Waals surface area contributed by atoms with Crippen LogP contribution < -0.4 is 16.0 Å². The molecule has 0 unspecified atom stereocenters. The number of hydrogen-bond acceptors (Lipinski definition) is 5. The van der Waals surface area contributed by atoms with Gasteiger partial charge in [0.15, 0.2) is 11.1 Å². The predicted molar refractivity (Wildman–Crippen MR) is 103 cm³/mol. The van der Waals surface area contributed by atoms with E-state index < -0.39 is 0 Å². The van der Waals surface area contributed by atoms with Crippen molar-refractivity contribution in [3.8, 4) is 0 Å². The maximum absolute atomic E-state index is 5.40. The van der Waals surface area contributed by atoms with Gasteiger partial charge in [-0.05, 0) is 32.9 Å². The minimum Gasteiger partial charge on any atom is -0.377 e. The lowest BCUT2D eigenvalue weighted by Crippen LogP contribution is -2.41. The smallest absolute Gasteiger partial charge is 0.191 e. The van der Waals surface area contributed by atoms with Crippen molar-refractivity contribution in [3.63, 3.8) is 0 Å². The molecule has 132 valence electrons. The van der Waals surface area contributed by atoms with Crippen molar-refractivity contribution in [1.82, 2.24) is 15.6 Å². The minimum absolute atomic E-state index is 0.262. The largest absolute Gasteiger partial charge is 0.377 e. The van der Waals surface area contributed by atoms with E-state index in [1.165, 1.54) is 4.70 Å². The van der Waals surface area contributed by atoms with Crippen molar-refractivity contribution >= 4 is 32.6 Å². The molecule has 0 spiro atoms. The number of fused-ring (bicyclic) bond motifs is 1. The van der Waals surface area contributed by atoms with E-state index in [0.717, 1.165) is 36.2 Å². The van der Waals surface area contributed by atoms with Crippen LogP contribution >= 0.6 is 11.3 Å². The number of aromatic nitrogens is 1. The van der Waals surface area contributed by atoms with Crippen molar-refractivity contribution in [3.05, 3.63) is 24.3 Å². The number of ether oxygens (including phenoxy) is 1. The van der Waals surface area contributed by atoms with E-state index in [4.69, 9.17) is 4.74 Å². The first-order valence-electron chi connectivity index (χ1n) is 8.21. The van der Waals surface area contributed by atoms with Gasteiger partial charge in [0.25, 0.3) is 0 Å². The van der Waals surface area contributed by atoms with E-state index >= 15 is 0 Å². The van der Waals surface area contributed by atoms with E-state index in [0.29, 0.717) is 6.54 Å². The number of para-hydroxylation sites is 1. The number of nitrogens with zero attached hydrogens (tertiary/aromatic N) is 2. The molecule has 3 N–H and O–H groups in total. The van der Waals surface area contributed by atoms with E-state index in [-0.39, 0.29) is 5.60 Å². The van der Waals surface area contributed by atoms with Crippen LogP contribution in [0.15, 0.2) is 29.3 Å². The number of thiazole rings is 1. The lowest BCUT2D eigenvalue weighted by atomic mass is 10.1. The van der Waals surface area contributed by atoms with Crippen LogP contribution in [0.3, 0.4) is 0 Å². The molecule has 1 aromatic heterocycles. The van der Waals surface area contributed by atoms with Gasteiger partial charge in [0, 0.05) is 26.7 Å². The number of anilines is 1. The Kier molecular flexibility index (Phi) is 6.81. The number of benzene rings is 1. The summed E-state index contributed by atoms with van der Waals surface area (Å²) in [6.45, 7) is 9.06. The van der Waals surface area contributed by atoms with Gasteiger partial charge in [0.05, 0.1) is 22.4 Å². The van der Waals surface area contributed by atoms with Crippen molar-refractivity contribution in [2.75, 3.05) is 38.6 Å². The van der Waals surface area contributed by atoms with Gasteiger partial charge in [-0.3, -0.25) is 4.99 Å². The summed E-state index contributed by atoms with van der Waals surface area (Å²) in [7, 11) is 1.71. The summed E-state index contributed by atoms with van der Waals surface area (Å²) in [5.74, 6) is 0.800. The molecule has 1 aromatic carbocycles. The van der Waals surface area contributed by atoms with Crippen molar-refractivity contribution in [1.29, 1.82) is 0 Å². The van der Waals surface area contributed by atoms with Crippen molar-refractivity contribution < 1.29 is 4.74 Å². The first-order valence-corrected chi connectivity index (χ1v) is 9.02. The van der Waals surface area contributed by atoms with Gasteiger partial charge in [-0.1, -0.05) is 23.5 Å². The Morgan fingerprint density at radius 3 is 2.75 bits per heavy atom. The molecule has 0 fully saturated rings. The molecule has 0 saturated heterocycles. The van der Waals surface area contributed by atoms with E-state index in [9.17, 15) is 0 Å². The van der Waals surface area contributed by atoms with Crippen molar-refractivity contribution in [2.24, 2.45) is 4.99 Å². The molecule has 0 aliphatic heterocycles. The summed E-state index contributed by atoms with van der Waals surface area (Å²) in [6.07, 6.45) is 0. The van der Waals surface area contributed by atoms with Crippen LogP contribution in [0.25, 0.3) is 10.2 Å². The highest BCUT2D eigenvalue weighted by Gasteiger charge is 2.15. The van der Waals surface area contributed by atoms with Gasteiger partial charge in [0.1, 0.15) is 0 Å². The molecule has 7 heteroatoms. The molecule has 0 radical (unpaired) electrons. The second-order valence-corrected chi connectivity index (χ2v) is 7.03. The molecule has 0 amide bonds. The van der Waals surface area contributed by atoms with Crippen LogP contribution in [-0.4, -0.2) is 49.8 Å². The van der Waals surface area contributed by atoms with Crippen LogP contribution in [0.2, 0.25) is 0 Å². The molecular weight excluding hydrogens is 322 g/mol. The second-order valence-electron chi connectivity index (χ2n) is 6.00. The zero-order valence-electron chi connectivity index (χ0n) is 14.8. The zero-order chi connectivity index (χ0) is 17.4. The molecular formula is C17H27N5OS. The molecule has 0 aliphatic carbocycles. The molecule has 0 atom stereocenters. The van der Waals surface area contributed by atoms with E-state index in [2.05, 4.69) is 38.9 Å². The Morgan fingerprint density at radius 2 is 2.04 bits per heavy atom. The summed E-state index contributed by atoms with van der Waals surface area (Å²) in [5.41, 5.74) is 0.774. The van der Waals surface area contributed by atoms with Crippen LogP contribution in [0.4, 0.5) is 5.13 Å². The first kappa shape index (κ1) is 18.5. The topological polar surface area (TPSA) is 70.6 Å². The molecule has 0 bridgehead atoms. The highest BCUT2D eigenvalue weighted by atomic mass is 32.1. The highest BCUT2D eigenvalue weighted by Crippen LogP contribution is 2.24. The fourth-order valence-electron chi connectivity index (χ4n) is 1.97. The van der Waals surface area contributed by atoms with Gasteiger partial charge < -0.3 is 20.7 Å². The maximum Gasteiger partial charge on any atom is 0.191 e. The molecule has 24 heavy (non-hydrogen) atoms. The van der Waals surface area contributed by atoms with Crippen LogP contribution in [0.5, 0.6) is 0 Å². The number of guanidine groups is 1. The summed E-state index contributed by atoms with van der Waals surface area (Å²) >= 11 is 1.67. The zero-order valence-corrected chi connectivity index (χ0v) is 15.7. The number of methoxy groups -OCH3 is 1. The number of rotatable bonds is 8. The van der Waals surface area contributed by atoms with Gasteiger partial charge >= 0.3 is 0 Å². The predicted octanol–water partition coefficient (Wildman–Crippen LogP) is 2.69. The third-order valence-corrected chi connectivity index (χ3v) is 4.50. The van der Waals surface area contributed by atoms with Gasteiger partial charge in [-0.25, -0.2) is 4.98 Å². The third kappa shape index (κ3) is 5.65. The number of aliphatic imine (C=N–C) groups is 1. The fraction of sp³-hybridized carbons (Fsp3) is 0.529. The monoisotopic (exact) mass is 349 g/mol. The average Bonchev–Trinajstić information content (AvgIpc) is 2.99. The Balaban J connectivity index is 1.80. The Morgan fingerprint density at radius 1 is 1.25 bits per heavy atom. The lowest BCUT2D eigenvalue weighted by Gasteiger charge is -2.21. The summed E-state index contributed by atoms with van der Waals surface area (Å²) < 4.78 is 6.60. The van der Waals surface area contributed by atoms with E-state index in [1.807, 2.05) is 32.0 Å². The second kappa shape index (κ2) is 8.84. The van der Waals surface area contributed by atoms with Crippen LogP contribution in [0.1, 0.15) is 20.8 Å². The summed E-state index contributed by atoms with van der Waals surface area (Å²) in [6, 6.07) is 8.16. The number of nitrogens with one attached hydrogen (secondary N) is 3. The first-order chi connectivity index (χ1) is 11.5. The average molecular weight is 350 g/mol.